The standard InChI is InChI=1S/C28H31NO5.C24H22O3.C4H9NO3/c1-19-21(11-8-12-23(19)22-9-6-5-7-10-22)14-13-20-15-25(33-3)24(26(16-20)34-4)17-29-28(2,18-30)27(31)32;1-17-19(10-7-11-21(17)20-8-5-4-6-9-20)13-12-18-14-23(26-2)22(16-25)24(15-18)27-3;1-4(5,2-6)3(7)8/h5-16,29-30H,17-18H2,1-4H3,(H,31,32);4-16H,1-3H3;6H,2,5H2,1H3,(H,7,8)/b14-13+;13-12+;/t28-;;4-/m1.1/s1. The van der Waals surface area contributed by atoms with E-state index in [0.29, 0.717) is 34.1 Å². The zero-order chi connectivity index (χ0) is 50.7. The first kappa shape index (κ1) is 54.1. The van der Waals surface area contributed by atoms with Gasteiger partial charge in [0, 0.05) is 12.1 Å². The van der Waals surface area contributed by atoms with Crippen molar-refractivity contribution in [2.24, 2.45) is 5.73 Å². The third-order valence-corrected chi connectivity index (χ3v) is 11.4. The van der Waals surface area contributed by atoms with E-state index < -0.39 is 36.2 Å². The van der Waals surface area contributed by atoms with Crippen LogP contribution in [-0.2, 0) is 16.1 Å². The average molecular weight is 939 g/mol. The lowest BCUT2D eigenvalue weighted by molar-refractivity contribution is -0.146. The molecule has 0 saturated heterocycles. The molecule has 0 aromatic heterocycles. The van der Waals surface area contributed by atoms with Crippen molar-refractivity contribution in [1.82, 2.24) is 5.32 Å². The third kappa shape index (κ3) is 14.2. The molecule has 0 bridgehead atoms. The molecule has 0 unspecified atom stereocenters. The van der Waals surface area contributed by atoms with Crippen LogP contribution in [0.25, 0.3) is 46.6 Å². The first-order valence-electron chi connectivity index (χ1n) is 21.9. The van der Waals surface area contributed by atoms with Crippen molar-refractivity contribution < 1.29 is 53.8 Å². The summed E-state index contributed by atoms with van der Waals surface area (Å²) >= 11 is 0. The Morgan fingerprint density at radius 1 is 0.580 bits per heavy atom. The molecule has 0 aliphatic carbocycles. The van der Waals surface area contributed by atoms with Crippen molar-refractivity contribution >= 4 is 42.5 Å². The van der Waals surface area contributed by atoms with Gasteiger partial charge in [0.25, 0.3) is 0 Å². The highest BCUT2D eigenvalue weighted by atomic mass is 16.5. The zero-order valence-electron chi connectivity index (χ0n) is 40.3. The van der Waals surface area contributed by atoms with Gasteiger partial charge in [-0.05, 0) is 108 Å². The Morgan fingerprint density at radius 2 is 0.986 bits per heavy atom. The van der Waals surface area contributed by atoms with Crippen LogP contribution < -0.4 is 30.0 Å². The molecule has 7 N–H and O–H groups in total. The lowest BCUT2D eigenvalue weighted by Crippen LogP contribution is -2.52. The summed E-state index contributed by atoms with van der Waals surface area (Å²) in [7, 11) is 6.20. The maximum absolute atomic E-state index is 11.5. The monoisotopic (exact) mass is 938 g/mol. The maximum atomic E-state index is 11.5. The number of carboxylic acid groups (broad SMARTS) is 2. The SMILES string of the molecule is COc1cc(/C=C/c2cccc(-c3ccccc3)c2C)cc(OC)c1C=O.COc1cc(/C=C/c2cccc(-c3ccccc3)c2C)cc(OC)c1CN[C@](C)(CO)C(=O)O.C[C@@](N)(CO)C(=O)O. The van der Waals surface area contributed by atoms with Gasteiger partial charge < -0.3 is 45.1 Å². The number of nitrogens with two attached hydrogens (primary N) is 1. The van der Waals surface area contributed by atoms with E-state index in [2.05, 4.69) is 85.9 Å². The zero-order valence-corrected chi connectivity index (χ0v) is 40.3. The van der Waals surface area contributed by atoms with Crippen LogP contribution in [0, 0.1) is 13.8 Å². The largest absolute Gasteiger partial charge is 0.496 e. The second-order valence-electron chi connectivity index (χ2n) is 16.3. The Labute approximate surface area is 404 Å². The number of carbonyl (C=O) groups excluding carboxylic acids is 1. The van der Waals surface area contributed by atoms with Crippen LogP contribution >= 0.6 is 0 Å². The van der Waals surface area contributed by atoms with Gasteiger partial charge in [-0.2, -0.15) is 0 Å². The second kappa shape index (κ2) is 25.5. The van der Waals surface area contributed by atoms with Crippen LogP contribution in [0.3, 0.4) is 0 Å². The first-order chi connectivity index (χ1) is 33.0. The number of methoxy groups -OCH3 is 4. The fraction of sp³-hybridized carbons (Fsp3) is 0.232. The van der Waals surface area contributed by atoms with Crippen molar-refractivity contribution in [3.63, 3.8) is 0 Å². The van der Waals surface area contributed by atoms with Gasteiger partial charge in [0.05, 0.1) is 47.2 Å². The van der Waals surface area contributed by atoms with E-state index >= 15 is 0 Å². The minimum absolute atomic E-state index is 0.151. The molecule has 2 atom stereocenters. The minimum Gasteiger partial charge on any atom is -0.496 e. The lowest BCUT2D eigenvalue weighted by Gasteiger charge is -2.25. The quantitative estimate of drug-likeness (QED) is 0.0352. The van der Waals surface area contributed by atoms with E-state index in [0.717, 1.165) is 28.5 Å². The molecule has 0 spiro atoms. The second-order valence-corrected chi connectivity index (χ2v) is 16.3. The summed E-state index contributed by atoms with van der Waals surface area (Å²) in [6.07, 6.45) is 8.86. The van der Waals surface area contributed by atoms with E-state index in [4.69, 9.17) is 34.9 Å². The predicted octanol–water partition coefficient (Wildman–Crippen LogP) is 9.22. The Kier molecular flexibility index (Phi) is 20.0. The highest BCUT2D eigenvalue weighted by Gasteiger charge is 2.32. The molecule has 0 heterocycles. The van der Waals surface area contributed by atoms with Gasteiger partial charge in [0.1, 0.15) is 34.1 Å². The Bertz CT molecular complexity index is 2680. The molecule has 0 amide bonds. The van der Waals surface area contributed by atoms with Crippen molar-refractivity contribution in [2.45, 2.75) is 45.3 Å². The topological polar surface area (TPSA) is 207 Å². The normalized spacial score (nSPS) is 12.6. The van der Waals surface area contributed by atoms with Crippen LogP contribution in [0.5, 0.6) is 23.0 Å². The smallest absolute Gasteiger partial charge is 0.326 e. The summed E-state index contributed by atoms with van der Waals surface area (Å²) in [5.41, 5.74) is 14.3. The van der Waals surface area contributed by atoms with E-state index in [1.165, 1.54) is 47.2 Å². The van der Waals surface area contributed by atoms with E-state index in [1.807, 2.05) is 78.9 Å². The summed E-state index contributed by atoms with van der Waals surface area (Å²) in [5, 5.41) is 38.2. The molecule has 0 radical (unpaired) electrons. The van der Waals surface area contributed by atoms with Gasteiger partial charge in [-0.1, -0.05) is 121 Å². The van der Waals surface area contributed by atoms with E-state index in [-0.39, 0.29) is 6.54 Å². The first-order valence-corrected chi connectivity index (χ1v) is 21.9. The summed E-state index contributed by atoms with van der Waals surface area (Å²) < 4.78 is 21.8. The highest BCUT2D eigenvalue weighted by molar-refractivity contribution is 5.86. The van der Waals surface area contributed by atoms with Gasteiger partial charge in [-0.3, -0.25) is 19.7 Å². The van der Waals surface area contributed by atoms with E-state index in [9.17, 15) is 24.6 Å². The number of aliphatic hydroxyl groups excluding tert-OH is 2. The van der Waals surface area contributed by atoms with Crippen molar-refractivity contribution in [3.05, 3.63) is 166 Å². The summed E-state index contributed by atoms with van der Waals surface area (Å²) in [6, 6.07) is 40.6. The van der Waals surface area contributed by atoms with Gasteiger partial charge >= 0.3 is 11.9 Å². The fourth-order valence-corrected chi connectivity index (χ4v) is 6.90. The summed E-state index contributed by atoms with van der Waals surface area (Å²) in [4.78, 5) is 32.8. The van der Waals surface area contributed by atoms with Crippen LogP contribution in [0.4, 0.5) is 0 Å². The average Bonchev–Trinajstić information content (AvgIpc) is 3.37. The number of aliphatic hydroxyl groups is 2. The van der Waals surface area contributed by atoms with Crippen LogP contribution in [0.15, 0.2) is 121 Å². The van der Waals surface area contributed by atoms with Crippen molar-refractivity contribution in [3.8, 4) is 45.3 Å². The molecule has 0 fully saturated rings. The van der Waals surface area contributed by atoms with Gasteiger partial charge in [-0.25, -0.2) is 0 Å². The summed E-state index contributed by atoms with van der Waals surface area (Å²) in [5.74, 6) is -0.211. The molecule has 362 valence electrons. The molecular weight excluding hydrogens is 877 g/mol. The number of hydrogen-bond acceptors (Lipinski definition) is 11. The third-order valence-electron chi connectivity index (χ3n) is 11.4. The molecule has 0 aliphatic heterocycles. The number of aliphatic carboxylic acids is 2. The molecule has 6 aromatic carbocycles. The van der Waals surface area contributed by atoms with E-state index in [1.54, 1.807) is 28.4 Å². The number of ether oxygens (including phenoxy) is 4. The minimum atomic E-state index is -1.49. The van der Waals surface area contributed by atoms with Crippen molar-refractivity contribution in [2.75, 3.05) is 41.7 Å². The Morgan fingerprint density at radius 3 is 1.30 bits per heavy atom. The number of rotatable bonds is 18. The molecule has 13 heteroatoms. The maximum Gasteiger partial charge on any atom is 0.326 e. The van der Waals surface area contributed by atoms with Gasteiger partial charge in [-0.15, -0.1) is 0 Å². The van der Waals surface area contributed by atoms with Crippen molar-refractivity contribution in [1.29, 1.82) is 0 Å². The Hall–Kier alpha value is -7.55. The number of carboxylic acids is 2. The molecular formula is C56H62N2O11. The predicted molar refractivity (Wildman–Crippen MR) is 273 cm³/mol. The van der Waals surface area contributed by atoms with Crippen LogP contribution in [0.1, 0.15) is 63.1 Å². The number of hydrogen-bond donors (Lipinski definition) is 6. The molecule has 0 aliphatic rings. The molecule has 0 saturated carbocycles. The van der Waals surface area contributed by atoms with Gasteiger partial charge in [0.15, 0.2) is 6.29 Å². The van der Waals surface area contributed by atoms with Crippen LogP contribution in [-0.4, -0.2) is 91.4 Å². The number of benzene rings is 6. The molecule has 6 aromatic rings. The number of carbonyl (C=O) groups is 3. The Balaban J connectivity index is 0.000000264. The fourth-order valence-electron chi connectivity index (χ4n) is 6.90. The highest BCUT2D eigenvalue weighted by Crippen LogP contribution is 2.34. The molecule has 13 nitrogen and oxygen atoms in total. The van der Waals surface area contributed by atoms with Crippen LogP contribution in [0.2, 0.25) is 0 Å². The molecule has 69 heavy (non-hydrogen) atoms. The lowest BCUT2D eigenvalue weighted by atomic mass is 9.96. The number of aldehydes is 1. The molecule has 6 rings (SSSR count). The van der Waals surface area contributed by atoms with Gasteiger partial charge in [0.2, 0.25) is 0 Å². The number of nitrogens with one attached hydrogen (secondary N) is 1. The summed E-state index contributed by atoms with van der Waals surface area (Å²) in [6.45, 7) is 5.97.